The van der Waals surface area contributed by atoms with Crippen LogP contribution in [-0.4, -0.2) is 59.9 Å². The minimum absolute atomic E-state index is 0.0849. The van der Waals surface area contributed by atoms with Gasteiger partial charge in [-0.25, -0.2) is 4.79 Å². The molecule has 2 N–H and O–H groups in total. The summed E-state index contributed by atoms with van der Waals surface area (Å²) in [4.78, 5) is 64.1. The van der Waals surface area contributed by atoms with Crippen molar-refractivity contribution in [2.24, 2.45) is 0 Å². The number of alkyl carbamates (subject to hydrolysis) is 1. The quantitative estimate of drug-likeness (QED) is 0.275. The van der Waals surface area contributed by atoms with Crippen molar-refractivity contribution in [2.45, 2.75) is 71.1 Å². The van der Waals surface area contributed by atoms with Crippen molar-refractivity contribution in [1.82, 2.24) is 15.5 Å². The number of unbranched alkanes of at least 4 members (excludes halogenated alkanes) is 2. The van der Waals surface area contributed by atoms with Crippen molar-refractivity contribution in [3.05, 3.63) is 77.9 Å². The maximum Gasteiger partial charge on any atom is 0.408 e. The molecule has 42 heavy (non-hydrogen) atoms. The topological polar surface area (TPSA) is 125 Å². The number of hydrogen-bond donors (Lipinski definition) is 2. The van der Waals surface area contributed by atoms with Gasteiger partial charge in [0.25, 0.3) is 11.8 Å². The lowest BCUT2D eigenvalue weighted by molar-refractivity contribution is -0.137. The van der Waals surface area contributed by atoms with Gasteiger partial charge in [-0.3, -0.25) is 24.1 Å². The molecule has 0 aliphatic carbocycles. The summed E-state index contributed by atoms with van der Waals surface area (Å²) in [5, 5.41) is 5.62. The molecule has 224 valence electrons. The molecule has 5 amide bonds. The Morgan fingerprint density at radius 2 is 1.52 bits per heavy atom. The maximum atomic E-state index is 13.5. The number of rotatable bonds is 13. The van der Waals surface area contributed by atoms with Crippen LogP contribution in [0.2, 0.25) is 0 Å². The van der Waals surface area contributed by atoms with Gasteiger partial charge >= 0.3 is 6.09 Å². The van der Waals surface area contributed by atoms with Crippen LogP contribution in [0.5, 0.6) is 0 Å². The molecular formula is C32H40N4O6. The second-order valence-corrected chi connectivity index (χ2v) is 11.2. The summed E-state index contributed by atoms with van der Waals surface area (Å²) in [7, 11) is 1.65. The third kappa shape index (κ3) is 10.2. The molecule has 1 aliphatic heterocycles. The second-order valence-electron chi connectivity index (χ2n) is 11.2. The van der Waals surface area contributed by atoms with E-state index in [0.717, 1.165) is 17.5 Å². The summed E-state index contributed by atoms with van der Waals surface area (Å²) in [5.41, 5.74) is 1.72. The van der Waals surface area contributed by atoms with Gasteiger partial charge in [-0.05, 0) is 56.9 Å². The van der Waals surface area contributed by atoms with Crippen molar-refractivity contribution >= 4 is 35.4 Å². The van der Waals surface area contributed by atoms with Crippen LogP contribution >= 0.6 is 0 Å². The highest BCUT2D eigenvalue weighted by Gasteiger charge is 2.28. The van der Waals surface area contributed by atoms with E-state index >= 15 is 0 Å². The van der Waals surface area contributed by atoms with Crippen molar-refractivity contribution in [2.75, 3.05) is 18.5 Å². The van der Waals surface area contributed by atoms with Crippen LogP contribution in [0.4, 0.5) is 10.5 Å². The number of benzene rings is 2. The first-order valence-corrected chi connectivity index (χ1v) is 14.1. The molecule has 1 aliphatic rings. The first-order valence-electron chi connectivity index (χ1n) is 14.1. The van der Waals surface area contributed by atoms with Crippen LogP contribution in [0.25, 0.3) is 0 Å². The Balaban J connectivity index is 1.48. The van der Waals surface area contributed by atoms with Crippen molar-refractivity contribution in [3.63, 3.8) is 0 Å². The molecular weight excluding hydrogens is 536 g/mol. The molecule has 0 saturated carbocycles. The minimum atomic E-state index is -0.834. The number of nitrogens with one attached hydrogen (secondary N) is 2. The fraction of sp³-hybridized carbons (Fsp3) is 0.406. The van der Waals surface area contributed by atoms with Gasteiger partial charge in [-0.15, -0.1) is 0 Å². The van der Waals surface area contributed by atoms with Gasteiger partial charge < -0.3 is 20.3 Å². The molecule has 3 rings (SSSR count). The predicted molar refractivity (Wildman–Crippen MR) is 159 cm³/mol. The largest absolute Gasteiger partial charge is 0.444 e. The normalized spacial score (nSPS) is 13.6. The number of likely N-dealkylation sites (N-methyl/N-ethyl adjacent to an activating group) is 1. The summed E-state index contributed by atoms with van der Waals surface area (Å²) < 4.78 is 5.38. The van der Waals surface area contributed by atoms with Crippen LogP contribution in [0.3, 0.4) is 0 Å². The summed E-state index contributed by atoms with van der Waals surface area (Å²) in [6.45, 7) is 5.99. The lowest BCUT2D eigenvalue weighted by Crippen LogP contribution is -2.50. The smallest absolute Gasteiger partial charge is 0.408 e. The number of hydrogen-bond acceptors (Lipinski definition) is 6. The summed E-state index contributed by atoms with van der Waals surface area (Å²) >= 11 is 0. The lowest BCUT2D eigenvalue weighted by atomic mass is 10.0. The Kier molecular flexibility index (Phi) is 11.4. The monoisotopic (exact) mass is 576 g/mol. The molecule has 0 radical (unpaired) electrons. The van der Waals surface area contributed by atoms with E-state index in [9.17, 15) is 24.0 Å². The van der Waals surface area contributed by atoms with E-state index in [1.54, 1.807) is 40.0 Å². The maximum absolute atomic E-state index is 13.5. The number of amides is 5. The summed E-state index contributed by atoms with van der Waals surface area (Å²) in [5.74, 6) is -0.952. The lowest BCUT2D eigenvalue weighted by Gasteiger charge is -2.27. The van der Waals surface area contributed by atoms with Gasteiger partial charge in [-0.2, -0.15) is 0 Å². The fourth-order valence-electron chi connectivity index (χ4n) is 4.37. The van der Waals surface area contributed by atoms with Crippen LogP contribution in [0, 0.1) is 0 Å². The number of carbonyl (C=O) groups excluding carboxylic acids is 5. The second kappa shape index (κ2) is 15.0. The average molecular weight is 577 g/mol. The first kappa shape index (κ1) is 32.0. The van der Waals surface area contributed by atoms with Gasteiger partial charge in [0.15, 0.2) is 0 Å². The molecule has 0 spiro atoms. The van der Waals surface area contributed by atoms with E-state index in [-0.39, 0.29) is 23.6 Å². The van der Waals surface area contributed by atoms with E-state index in [1.165, 1.54) is 22.0 Å². The highest BCUT2D eigenvalue weighted by molar-refractivity contribution is 6.12. The standard InChI is InChI=1S/C32H40N4O6/c1-32(2,3)42-31(41)34-26(21-23-11-7-5-8-12-23)30(40)35(4)25-16-14-24(15-17-25)22-33-27(37)13-9-6-10-20-36-28(38)18-19-29(36)39/h5,7-8,11-12,14-19,26H,6,9-10,13,20-22H2,1-4H3,(H,33,37)(H,34,41)/t26-/m0/s1. The van der Waals surface area contributed by atoms with E-state index in [2.05, 4.69) is 10.6 Å². The number of nitrogens with zero attached hydrogens (tertiary/aromatic N) is 2. The zero-order chi connectivity index (χ0) is 30.7. The van der Waals surface area contributed by atoms with Gasteiger partial charge in [-0.1, -0.05) is 48.9 Å². The van der Waals surface area contributed by atoms with E-state index in [0.29, 0.717) is 44.5 Å². The third-order valence-corrected chi connectivity index (χ3v) is 6.60. The molecule has 0 unspecified atom stereocenters. The Bertz CT molecular complexity index is 1270. The highest BCUT2D eigenvalue weighted by atomic mass is 16.6. The van der Waals surface area contributed by atoms with Crippen molar-refractivity contribution in [1.29, 1.82) is 0 Å². The third-order valence-electron chi connectivity index (χ3n) is 6.60. The van der Waals surface area contributed by atoms with Gasteiger partial charge in [0.05, 0.1) is 0 Å². The Morgan fingerprint density at radius 3 is 2.14 bits per heavy atom. The molecule has 1 atom stereocenters. The number of carbonyl (C=O) groups is 5. The van der Waals surface area contributed by atoms with Crippen molar-refractivity contribution in [3.8, 4) is 0 Å². The average Bonchev–Trinajstić information content (AvgIpc) is 3.27. The molecule has 0 saturated heterocycles. The van der Waals surface area contributed by atoms with Crippen LogP contribution in [0.1, 0.15) is 57.6 Å². The van der Waals surface area contributed by atoms with Crippen molar-refractivity contribution < 1.29 is 28.7 Å². The SMILES string of the molecule is CN(C(=O)[C@H](Cc1ccccc1)NC(=O)OC(C)(C)C)c1ccc(CNC(=O)CCCCCN2C(=O)C=CC2=O)cc1. The summed E-state index contributed by atoms with van der Waals surface area (Å²) in [6.07, 6.45) is 4.57. The fourth-order valence-corrected chi connectivity index (χ4v) is 4.37. The van der Waals surface area contributed by atoms with Crippen LogP contribution in [0.15, 0.2) is 66.7 Å². The summed E-state index contributed by atoms with van der Waals surface area (Å²) in [6, 6.07) is 15.9. The molecule has 0 aromatic heterocycles. The van der Waals surface area contributed by atoms with E-state index < -0.39 is 17.7 Å². The van der Waals surface area contributed by atoms with Gasteiger partial charge in [0.2, 0.25) is 11.8 Å². The predicted octanol–water partition coefficient (Wildman–Crippen LogP) is 3.89. The minimum Gasteiger partial charge on any atom is -0.444 e. The highest BCUT2D eigenvalue weighted by Crippen LogP contribution is 2.17. The zero-order valence-electron chi connectivity index (χ0n) is 24.7. The van der Waals surface area contributed by atoms with Crippen LogP contribution in [-0.2, 0) is 36.9 Å². The Morgan fingerprint density at radius 1 is 0.881 bits per heavy atom. The van der Waals surface area contributed by atoms with E-state index in [1.807, 2.05) is 42.5 Å². The molecule has 0 bridgehead atoms. The zero-order valence-corrected chi connectivity index (χ0v) is 24.7. The van der Waals surface area contributed by atoms with E-state index in [4.69, 9.17) is 4.74 Å². The van der Waals surface area contributed by atoms with Gasteiger partial charge in [0.1, 0.15) is 11.6 Å². The number of ether oxygens (including phenoxy) is 1. The molecule has 2 aromatic rings. The first-order chi connectivity index (χ1) is 19.9. The van der Waals surface area contributed by atoms with Gasteiger partial charge in [0, 0.05) is 50.8 Å². The Hall–Kier alpha value is -4.47. The molecule has 10 nitrogen and oxygen atoms in total. The number of anilines is 1. The molecule has 2 aromatic carbocycles. The Labute approximate surface area is 247 Å². The molecule has 0 fully saturated rings. The molecule has 1 heterocycles. The van der Waals surface area contributed by atoms with Crippen LogP contribution < -0.4 is 15.5 Å². The molecule has 10 heteroatoms. The number of imide groups is 1.